The van der Waals surface area contributed by atoms with Gasteiger partial charge in [-0.15, -0.1) is 10.2 Å². The van der Waals surface area contributed by atoms with Crippen LogP contribution in [0.4, 0.5) is 0 Å². The molecule has 2 aromatic heterocycles. The Labute approximate surface area is 138 Å². The van der Waals surface area contributed by atoms with Crippen LogP contribution in [0.15, 0.2) is 66.3 Å². The van der Waals surface area contributed by atoms with E-state index in [0.717, 1.165) is 33.5 Å². The fourth-order valence-electron chi connectivity index (χ4n) is 2.66. The van der Waals surface area contributed by atoms with Crippen LogP contribution in [0.5, 0.6) is 5.75 Å². The van der Waals surface area contributed by atoms with Crippen LogP contribution < -0.4 is 4.74 Å². The predicted octanol–water partition coefficient (Wildman–Crippen LogP) is 3.32. The molecule has 0 fully saturated rings. The van der Waals surface area contributed by atoms with Gasteiger partial charge in [0.2, 0.25) is 0 Å². The summed E-state index contributed by atoms with van der Waals surface area (Å²) >= 11 is 0. The standard InChI is InChI=1S/C18H15N5O/c1-24-14-7-8-17-15(9-14)16(10-21-23-11-19-20-12-23)18(22-17)13-5-3-2-4-6-13/h2-12,22H,1H3/b21-10-. The molecule has 0 aliphatic rings. The van der Waals surface area contributed by atoms with Gasteiger partial charge in [0, 0.05) is 16.5 Å². The van der Waals surface area contributed by atoms with Gasteiger partial charge in [0.1, 0.15) is 18.4 Å². The van der Waals surface area contributed by atoms with Crippen LogP contribution in [0.1, 0.15) is 5.56 Å². The van der Waals surface area contributed by atoms with Crippen LogP contribution in [0.25, 0.3) is 22.2 Å². The third-order valence-electron chi connectivity index (χ3n) is 3.84. The van der Waals surface area contributed by atoms with Gasteiger partial charge in [-0.3, -0.25) is 0 Å². The molecular formula is C18H15N5O. The average molecular weight is 317 g/mol. The molecule has 0 unspecified atom stereocenters. The van der Waals surface area contributed by atoms with Crippen molar-refractivity contribution < 1.29 is 4.74 Å². The topological polar surface area (TPSA) is 68.1 Å². The average Bonchev–Trinajstić information content (AvgIpc) is 3.27. The number of ether oxygens (including phenoxy) is 1. The van der Waals surface area contributed by atoms with E-state index in [9.17, 15) is 0 Å². The number of fused-ring (bicyclic) bond motifs is 1. The minimum absolute atomic E-state index is 0.806. The summed E-state index contributed by atoms with van der Waals surface area (Å²) in [5.74, 6) is 0.806. The lowest BCUT2D eigenvalue weighted by Gasteiger charge is -2.01. The van der Waals surface area contributed by atoms with Crippen molar-refractivity contribution in [2.45, 2.75) is 0 Å². The number of H-pyrrole nitrogens is 1. The molecule has 0 aliphatic heterocycles. The molecule has 0 bridgehead atoms. The minimum Gasteiger partial charge on any atom is -0.497 e. The van der Waals surface area contributed by atoms with E-state index in [1.54, 1.807) is 24.4 Å². The first-order valence-corrected chi connectivity index (χ1v) is 7.49. The number of hydrogen-bond donors (Lipinski definition) is 1. The van der Waals surface area contributed by atoms with E-state index < -0.39 is 0 Å². The first-order valence-electron chi connectivity index (χ1n) is 7.49. The molecule has 6 nitrogen and oxygen atoms in total. The lowest BCUT2D eigenvalue weighted by Crippen LogP contribution is -1.90. The summed E-state index contributed by atoms with van der Waals surface area (Å²) in [6.45, 7) is 0. The maximum atomic E-state index is 5.36. The van der Waals surface area contributed by atoms with E-state index in [-0.39, 0.29) is 0 Å². The third-order valence-corrected chi connectivity index (χ3v) is 3.84. The summed E-state index contributed by atoms with van der Waals surface area (Å²) in [6, 6.07) is 16.1. The van der Waals surface area contributed by atoms with Crippen LogP contribution in [-0.4, -0.2) is 33.2 Å². The SMILES string of the molecule is COc1ccc2[nH]c(-c3ccccc3)c(/C=N\n3cnnc3)c2c1. The number of rotatable bonds is 4. The molecule has 0 aliphatic carbocycles. The molecule has 0 radical (unpaired) electrons. The largest absolute Gasteiger partial charge is 0.497 e. The van der Waals surface area contributed by atoms with E-state index in [1.807, 2.05) is 42.6 Å². The second kappa shape index (κ2) is 6.00. The molecule has 24 heavy (non-hydrogen) atoms. The van der Waals surface area contributed by atoms with Gasteiger partial charge in [0.05, 0.1) is 19.0 Å². The van der Waals surface area contributed by atoms with Crippen molar-refractivity contribution in [1.82, 2.24) is 19.9 Å². The highest BCUT2D eigenvalue weighted by molar-refractivity contribution is 6.06. The van der Waals surface area contributed by atoms with E-state index >= 15 is 0 Å². The van der Waals surface area contributed by atoms with Crippen molar-refractivity contribution in [2.24, 2.45) is 5.10 Å². The summed E-state index contributed by atoms with van der Waals surface area (Å²) in [6.07, 6.45) is 4.91. The van der Waals surface area contributed by atoms with Gasteiger partial charge in [0.25, 0.3) is 0 Å². The number of hydrogen-bond acceptors (Lipinski definition) is 4. The van der Waals surface area contributed by atoms with Gasteiger partial charge in [-0.05, 0) is 23.8 Å². The summed E-state index contributed by atoms with van der Waals surface area (Å²) in [5.41, 5.74) is 4.12. The zero-order valence-corrected chi connectivity index (χ0v) is 13.0. The Morgan fingerprint density at radius 2 is 1.88 bits per heavy atom. The Kier molecular flexibility index (Phi) is 3.55. The summed E-state index contributed by atoms with van der Waals surface area (Å²) in [4.78, 5) is 3.47. The lowest BCUT2D eigenvalue weighted by molar-refractivity contribution is 0.415. The molecule has 0 spiro atoms. The number of nitrogens with zero attached hydrogens (tertiary/aromatic N) is 4. The van der Waals surface area contributed by atoms with Crippen molar-refractivity contribution in [3.63, 3.8) is 0 Å². The van der Waals surface area contributed by atoms with E-state index in [0.29, 0.717) is 0 Å². The monoisotopic (exact) mass is 317 g/mol. The molecule has 2 aromatic carbocycles. The molecule has 0 saturated heterocycles. The molecule has 4 aromatic rings. The van der Waals surface area contributed by atoms with E-state index in [4.69, 9.17) is 4.74 Å². The quantitative estimate of drug-likeness (QED) is 0.587. The minimum atomic E-state index is 0.806. The highest BCUT2D eigenvalue weighted by Crippen LogP contribution is 2.31. The second-order valence-electron chi connectivity index (χ2n) is 5.28. The van der Waals surface area contributed by atoms with Gasteiger partial charge < -0.3 is 9.72 Å². The maximum Gasteiger partial charge on any atom is 0.141 e. The molecule has 6 heteroatoms. The van der Waals surface area contributed by atoms with Gasteiger partial charge in [-0.2, -0.15) is 5.10 Å². The van der Waals surface area contributed by atoms with Crippen molar-refractivity contribution in [1.29, 1.82) is 0 Å². The van der Waals surface area contributed by atoms with E-state index in [2.05, 4.69) is 32.4 Å². The van der Waals surface area contributed by atoms with Gasteiger partial charge >= 0.3 is 0 Å². The van der Waals surface area contributed by atoms with Gasteiger partial charge in [-0.25, -0.2) is 4.68 Å². The normalized spacial score (nSPS) is 11.4. The number of aromatic nitrogens is 4. The van der Waals surface area contributed by atoms with Crippen molar-refractivity contribution in [3.8, 4) is 17.0 Å². The molecule has 0 saturated carbocycles. The molecular weight excluding hydrogens is 302 g/mol. The lowest BCUT2D eigenvalue weighted by atomic mass is 10.1. The summed E-state index contributed by atoms with van der Waals surface area (Å²) in [7, 11) is 1.66. The van der Waals surface area contributed by atoms with Crippen molar-refractivity contribution >= 4 is 17.1 Å². The van der Waals surface area contributed by atoms with Crippen molar-refractivity contribution in [2.75, 3.05) is 7.11 Å². The van der Waals surface area contributed by atoms with Crippen LogP contribution in [0, 0.1) is 0 Å². The van der Waals surface area contributed by atoms with E-state index in [1.165, 1.54) is 0 Å². The van der Waals surface area contributed by atoms with Crippen LogP contribution in [0.3, 0.4) is 0 Å². The number of nitrogens with one attached hydrogen (secondary N) is 1. The fraction of sp³-hybridized carbons (Fsp3) is 0.0556. The number of benzene rings is 2. The van der Waals surface area contributed by atoms with Gasteiger partial charge in [-0.1, -0.05) is 30.3 Å². The van der Waals surface area contributed by atoms with Crippen LogP contribution in [-0.2, 0) is 0 Å². The first-order chi connectivity index (χ1) is 11.8. The fourth-order valence-corrected chi connectivity index (χ4v) is 2.66. The Morgan fingerprint density at radius 1 is 1.08 bits per heavy atom. The van der Waals surface area contributed by atoms with Crippen molar-refractivity contribution in [3.05, 3.63) is 66.7 Å². The van der Waals surface area contributed by atoms with Crippen LogP contribution >= 0.6 is 0 Å². The Hall–Kier alpha value is -3.41. The number of aromatic amines is 1. The number of methoxy groups -OCH3 is 1. The zero-order valence-electron chi connectivity index (χ0n) is 13.0. The smallest absolute Gasteiger partial charge is 0.141 e. The Balaban J connectivity index is 1.92. The molecule has 1 N–H and O–H groups in total. The molecule has 2 heterocycles. The summed E-state index contributed by atoms with van der Waals surface area (Å²) in [5, 5.41) is 13.0. The third kappa shape index (κ3) is 2.54. The molecule has 0 atom stereocenters. The molecule has 4 rings (SSSR count). The first kappa shape index (κ1) is 14.2. The summed E-state index contributed by atoms with van der Waals surface area (Å²) < 4.78 is 6.92. The molecule has 0 amide bonds. The predicted molar refractivity (Wildman–Crippen MR) is 93.3 cm³/mol. The Morgan fingerprint density at radius 3 is 2.62 bits per heavy atom. The van der Waals surface area contributed by atoms with Gasteiger partial charge in [0.15, 0.2) is 0 Å². The zero-order chi connectivity index (χ0) is 16.4. The highest BCUT2D eigenvalue weighted by Gasteiger charge is 2.12. The second-order valence-corrected chi connectivity index (χ2v) is 5.28. The van der Waals surface area contributed by atoms with Crippen LogP contribution in [0.2, 0.25) is 0 Å². The molecule has 118 valence electrons. The highest BCUT2D eigenvalue weighted by atomic mass is 16.5. The maximum absolute atomic E-state index is 5.36. The Bertz CT molecular complexity index is 987.